The Morgan fingerprint density at radius 2 is 2.10 bits per heavy atom. The third kappa shape index (κ3) is 4.73. The number of halogens is 1. The van der Waals surface area contributed by atoms with E-state index in [9.17, 15) is 9.59 Å². The number of carbonyl (C=O) groups is 1. The Kier molecular flexibility index (Phi) is 6.48. The molecule has 4 rings (SSSR count). The van der Waals surface area contributed by atoms with Crippen LogP contribution in [0.1, 0.15) is 37.4 Å². The SMILES string of the molecule is CCCc1cc(=O)n2nc(N3CCC(C(=O)NCc4cccc(Br)c4)CC3)sc2n1. The van der Waals surface area contributed by atoms with Gasteiger partial charge in [-0.15, -0.1) is 5.10 Å². The molecule has 0 spiro atoms. The number of piperidine rings is 1. The van der Waals surface area contributed by atoms with Crippen LogP contribution in [0.4, 0.5) is 5.13 Å². The van der Waals surface area contributed by atoms with E-state index < -0.39 is 0 Å². The topological polar surface area (TPSA) is 79.6 Å². The molecule has 1 aliphatic rings. The number of benzene rings is 1. The molecule has 7 nitrogen and oxygen atoms in total. The zero-order valence-electron chi connectivity index (χ0n) is 16.8. The molecule has 3 heterocycles. The van der Waals surface area contributed by atoms with E-state index in [1.54, 1.807) is 6.07 Å². The minimum atomic E-state index is -0.132. The number of aryl methyl sites for hydroxylation is 1. The molecule has 158 valence electrons. The van der Waals surface area contributed by atoms with Crippen LogP contribution in [0.3, 0.4) is 0 Å². The first kappa shape index (κ1) is 21.0. The van der Waals surface area contributed by atoms with Crippen LogP contribution in [0.5, 0.6) is 0 Å². The summed E-state index contributed by atoms with van der Waals surface area (Å²) in [4.78, 5) is 32.2. The first-order valence-electron chi connectivity index (χ1n) is 10.2. The fourth-order valence-electron chi connectivity index (χ4n) is 3.67. The molecule has 9 heteroatoms. The molecule has 3 aromatic rings. The molecule has 1 saturated heterocycles. The average Bonchev–Trinajstić information content (AvgIpc) is 3.17. The molecule has 1 amide bonds. The Labute approximate surface area is 187 Å². The van der Waals surface area contributed by atoms with Crippen LogP contribution in [-0.2, 0) is 17.8 Å². The Morgan fingerprint density at radius 3 is 2.83 bits per heavy atom. The summed E-state index contributed by atoms with van der Waals surface area (Å²) in [7, 11) is 0. The van der Waals surface area contributed by atoms with E-state index >= 15 is 0 Å². The highest BCUT2D eigenvalue weighted by atomic mass is 79.9. The molecule has 0 aliphatic carbocycles. The van der Waals surface area contributed by atoms with Gasteiger partial charge in [0, 0.05) is 41.8 Å². The average molecular weight is 490 g/mol. The number of carbonyl (C=O) groups excluding carboxylic acids is 1. The van der Waals surface area contributed by atoms with Gasteiger partial charge in [-0.2, -0.15) is 4.52 Å². The predicted octanol–water partition coefficient (Wildman–Crippen LogP) is 3.40. The van der Waals surface area contributed by atoms with Gasteiger partial charge in [-0.05, 0) is 37.0 Å². The third-order valence-corrected chi connectivity index (χ3v) is 6.75. The number of rotatable bonds is 6. The largest absolute Gasteiger partial charge is 0.352 e. The van der Waals surface area contributed by atoms with Crippen LogP contribution in [-0.4, -0.2) is 33.6 Å². The third-order valence-electron chi connectivity index (χ3n) is 5.29. The Balaban J connectivity index is 1.36. The molecule has 1 aliphatic heterocycles. The summed E-state index contributed by atoms with van der Waals surface area (Å²) >= 11 is 4.89. The number of nitrogens with zero attached hydrogens (tertiary/aromatic N) is 4. The molecule has 0 unspecified atom stereocenters. The Morgan fingerprint density at radius 1 is 1.30 bits per heavy atom. The van der Waals surface area contributed by atoms with Crippen molar-refractivity contribution in [3.8, 4) is 0 Å². The highest BCUT2D eigenvalue weighted by Crippen LogP contribution is 2.27. The van der Waals surface area contributed by atoms with Crippen molar-refractivity contribution in [3.05, 3.63) is 56.4 Å². The van der Waals surface area contributed by atoms with Crippen LogP contribution in [0.15, 0.2) is 39.6 Å². The van der Waals surface area contributed by atoms with Crippen molar-refractivity contribution in [2.45, 2.75) is 39.2 Å². The monoisotopic (exact) mass is 489 g/mol. The van der Waals surface area contributed by atoms with Crippen LogP contribution < -0.4 is 15.8 Å². The van der Waals surface area contributed by atoms with Gasteiger partial charge in [0.05, 0.1) is 0 Å². The molecule has 0 saturated carbocycles. The predicted molar refractivity (Wildman–Crippen MR) is 122 cm³/mol. The summed E-state index contributed by atoms with van der Waals surface area (Å²) in [5.41, 5.74) is 1.76. The quantitative estimate of drug-likeness (QED) is 0.573. The van der Waals surface area contributed by atoms with Gasteiger partial charge in [-0.1, -0.05) is 52.7 Å². The van der Waals surface area contributed by atoms with Gasteiger partial charge in [-0.3, -0.25) is 9.59 Å². The highest BCUT2D eigenvalue weighted by Gasteiger charge is 2.26. The first-order valence-corrected chi connectivity index (χ1v) is 11.8. The molecule has 2 aromatic heterocycles. The maximum atomic E-state index is 12.6. The molecule has 30 heavy (non-hydrogen) atoms. The summed E-state index contributed by atoms with van der Waals surface area (Å²) in [5, 5.41) is 8.32. The number of hydrogen-bond donors (Lipinski definition) is 1. The maximum absolute atomic E-state index is 12.6. The van der Waals surface area contributed by atoms with Crippen LogP contribution in [0.25, 0.3) is 4.96 Å². The maximum Gasteiger partial charge on any atom is 0.275 e. The number of nitrogens with one attached hydrogen (secondary N) is 1. The van der Waals surface area contributed by atoms with E-state index in [4.69, 9.17) is 0 Å². The van der Waals surface area contributed by atoms with Crippen molar-refractivity contribution >= 4 is 43.3 Å². The van der Waals surface area contributed by atoms with Gasteiger partial charge in [-0.25, -0.2) is 4.98 Å². The second kappa shape index (κ2) is 9.26. The number of anilines is 1. The van der Waals surface area contributed by atoms with Crippen LogP contribution in [0, 0.1) is 5.92 Å². The van der Waals surface area contributed by atoms with E-state index in [0.717, 1.165) is 59.6 Å². The number of fused-ring (bicyclic) bond motifs is 1. The van der Waals surface area contributed by atoms with Gasteiger partial charge in [0.2, 0.25) is 16.0 Å². The lowest BCUT2D eigenvalue weighted by atomic mass is 9.96. The van der Waals surface area contributed by atoms with Gasteiger partial charge in [0.1, 0.15) is 0 Å². The number of hydrogen-bond acceptors (Lipinski definition) is 6. The zero-order chi connectivity index (χ0) is 21.1. The first-order chi connectivity index (χ1) is 14.5. The molecule has 1 aromatic carbocycles. The van der Waals surface area contributed by atoms with Gasteiger partial charge < -0.3 is 10.2 Å². The summed E-state index contributed by atoms with van der Waals surface area (Å²) < 4.78 is 2.39. The Hall–Kier alpha value is -2.26. The minimum absolute atomic E-state index is 0.000198. The summed E-state index contributed by atoms with van der Waals surface area (Å²) in [6.07, 6.45) is 3.28. The molecule has 0 atom stereocenters. The molecule has 0 bridgehead atoms. The van der Waals surface area contributed by atoms with Crippen molar-refractivity contribution in [3.63, 3.8) is 0 Å². The van der Waals surface area contributed by atoms with E-state index in [1.807, 2.05) is 24.3 Å². The van der Waals surface area contributed by atoms with E-state index in [2.05, 4.69) is 43.2 Å². The normalized spacial score (nSPS) is 14.9. The summed E-state index contributed by atoms with van der Waals surface area (Å²) in [5.74, 6) is 0.0980. The van der Waals surface area contributed by atoms with Crippen molar-refractivity contribution in [2.24, 2.45) is 5.92 Å². The molecular weight excluding hydrogens is 466 g/mol. The van der Waals surface area contributed by atoms with E-state index in [-0.39, 0.29) is 17.4 Å². The van der Waals surface area contributed by atoms with E-state index in [1.165, 1.54) is 15.9 Å². The number of amides is 1. The molecular formula is C21H24BrN5O2S. The fraction of sp³-hybridized carbons (Fsp3) is 0.429. The Bertz CT molecular complexity index is 1100. The fourth-order valence-corrected chi connectivity index (χ4v) is 5.10. The number of aromatic nitrogens is 3. The lowest BCUT2D eigenvalue weighted by Crippen LogP contribution is -2.40. The van der Waals surface area contributed by atoms with Gasteiger partial charge >= 0.3 is 0 Å². The smallest absolute Gasteiger partial charge is 0.275 e. The van der Waals surface area contributed by atoms with Crippen molar-refractivity contribution in [2.75, 3.05) is 18.0 Å². The molecule has 1 fully saturated rings. The van der Waals surface area contributed by atoms with Crippen LogP contribution in [0.2, 0.25) is 0 Å². The lowest BCUT2D eigenvalue weighted by molar-refractivity contribution is -0.125. The van der Waals surface area contributed by atoms with E-state index in [0.29, 0.717) is 11.5 Å². The van der Waals surface area contributed by atoms with Crippen molar-refractivity contribution < 1.29 is 4.79 Å². The molecule has 1 N–H and O–H groups in total. The second-order valence-electron chi connectivity index (χ2n) is 7.52. The van der Waals surface area contributed by atoms with Gasteiger partial charge in [0.15, 0.2) is 0 Å². The highest BCUT2D eigenvalue weighted by molar-refractivity contribution is 9.10. The zero-order valence-corrected chi connectivity index (χ0v) is 19.2. The van der Waals surface area contributed by atoms with Crippen molar-refractivity contribution in [1.29, 1.82) is 0 Å². The summed E-state index contributed by atoms with van der Waals surface area (Å²) in [6.45, 7) is 4.09. The van der Waals surface area contributed by atoms with Crippen LogP contribution >= 0.6 is 27.3 Å². The standard InChI is InChI=1S/C21H24BrN5O2S/c1-2-4-17-12-18(28)27-20(24-17)30-21(25-27)26-9-7-15(8-10-26)19(29)23-13-14-5-3-6-16(22)11-14/h3,5-6,11-12,15H,2,4,7-10,13H2,1H3,(H,23,29). The van der Waals surface area contributed by atoms with Gasteiger partial charge in [0.25, 0.3) is 5.56 Å². The lowest BCUT2D eigenvalue weighted by Gasteiger charge is -2.30. The van der Waals surface area contributed by atoms with Crippen molar-refractivity contribution in [1.82, 2.24) is 19.9 Å². The minimum Gasteiger partial charge on any atom is -0.352 e. The molecule has 0 radical (unpaired) electrons. The second-order valence-corrected chi connectivity index (χ2v) is 9.37. The summed E-state index contributed by atoms with van der Waals surface area (Å²) in [6, 6.07) is 9.52.